The highest BCUT2D eigenvalue weighted by Gasteiger charge is 2.17. The lowest BCUT2D eigenvalue weighted by molar-refractivity contribution is -0.384. The van der Waals surface area contributed by atoms with Crippen LogP contribution in [-0.4, -0.2) is 29.5 Å². The zero-order valence-electron chi connectivity index (χ0n) is 12.0. The average molecular weight is 266 g/mol. The van der Waals surface area contributed by atoms with E-state index in [0.717, 1.165) is 12.8 Å². The Kier molecular flexibility index (Phi) is 5.54. The molecule has 0 saturated carbocycles. The second-order valence-corrected chi connectivity index (χ2v) is 4.44. The van der Waals surface area contributed by atoms with E-state index in [9.17, 15) is 10.1 Å². The van der Waals surface area contributed by atoms with Crippen molar-refractivity contribution in [2.24, 2.45) is 0 Å². The van der Waals surface area contributed by atoms with Gasteiger partial charge in [-0.2, -0.15) is 0 Å². The third-order valence-corrected chi connectivity index (χ3v) is 3.22. The lowest BCUT2D eigenvalue weighted by Gasteiger charge is -2.27. The summed E-state index contributed by atoms with van der Waals surface area (Å²) in [5.74, 6) is 1.18. The van der Waals surface area contributed by atoms with Crippen molar-refractivity contribution in [2.45, 2.75) is 39.7 Å². The molecule has 0 aliphatic rings. The number of nitrogens with zero attached hydrogens (tertiary/aromatic N) is 3. The molecular formula is C13H22N4O2. The van der Waals surface area contributed by atoms with Crippen molar-refractivity contribution < 1.29 is 4.92 Å². The number of aromatic nitrogens is 1. The predicted molar refractivity (Wildman–Crippen MR) is 77.8 cm³/mol. The number of hydrogen-bond donors (Lipinski definition) is 1. The average Bonchev–Trinajstić information content (AvgIpc) is 2.40. The molecule has 0 amide bonds. The van der Waals surface area contributed by atoms with Crippen LogP contribution in [0.1, 0.15) is 33.6 Å². The molecule has 0 fully saturated rings. The molecule has 0 saturated heterocycles. The fourth-order valence-corrected chi connectivity index (χ4v) is 2.08. The molecule has 6 nitrogen and oxygen atoms in total. The molecule has 0 bridgehead atoms. The summed E-state index contributed by atoms with van der Waals surface area (Å²) in [7, 11) is 1.93. The first-order valence-corrected chi connectivity index (χ1v) is 6.66. The summed E-state index contributed by atoms with van der Waals surface area (Å²) in [5, 5.41) is 14.0. The van der Waals surface area contributed by atoms with Crippen LogP contribution in [0.15, 0.2) is 12.1 Å². The van der Waals surface area contributed by atoms with Crippen LogP contribution >= 0.6 is 0 Å². The summed E-state index contributed by atoms with van der Waals surface area (Å²) in [6, 6.07) is 3.33. The van der Waals surface area contributed by atoms with Crippen LogP contribution in [0.4, 0.5) is 17.3 Å². The minimum Gasteiger partial charge on any atom is -0.370 e. The summed E-state index contributed by atoms with van der Waals surface area (Å²) < 4.78 is 0. The van der Waals surface area contributed by atoms with E-state index >= 15 is 0 Å². The Morgan fingerprint density at radius 3 is 2.47 bits per heavy atom. The van der Waals surface area contributed by atoms with Crippen molar-refractivity contribution in [3.05, 3.63) is 22.2 Å². The monoisotopic (exact) mass is 266 g/mol. The molecule has 19 heavy (non-hydrogen) atoms. The number of anilines is 2. The second-order valence-electron chi connectivity index (χ2n) is 4.44. The minimum atomic E-state index is -0.382. The van der Waals surface area contributed by atoms with Gasteiger partial charge < -0.3 is 10.2 Å². The number of nitro groups is 1. The Bertz CT molecular complexity index is 433. The fourth-order valence-electron chi connectivity index (χ4n) is 2.08. The summed E-state index contributed by atoms with van der Waals surface area (Å²) >= 11 is 0. The lowest BCUT2D eigenvalue weighted by Crippen LogP contribution is -2.31. The highest BCUT2D eigenvalue weighted by Crippen LogP contribution is 2.25. The summed E-state index contributed by atoms with van der Waals surface area (Å²) in [6.07, 6.45) is 1.96. The lowest BCUT2D eigenvalue weighted by atomic mass is 10.1. The van der Waals surface area contributed by atoms with E-state index in [1.807, 2.05) is 18.9 Å². The molecule has 0 radical (unpaired) electrons. The quantitative estimate of drug-likeness (QED) is 0.606. The molecule has 6 heteroatoms. The zero-order valence-corrected chi connectivity index (χ0v) is 12.0. The van der Waals surface area contributed by atoms with Crippen LogP contribution in [-0.2, 0) is 0 Å². The molecule has 1 aromatic rings. The first-order valence-electron chi connectivity index (χ1n) is 6.66. The molecule has 1 N–H and O–H groups in total. The molecule has 0 aliphatic heterocycles. The van der Waals surface area contributed by atoms with Crippen LogP contribution in [0.2, 0.25) is 0 Å². The van der Waals surface area contributed by atoms with Gasteiger partial charge in [0.1, 0.15) is 11.6 Å². The Morgan fingerprint density at radius 2 is 2.00 bits per heavy atom. The van der Waals surface area contributed by atoms with Gasteiger partial charge in [-0.25, -0.2) is 4.98 Å². The van der Waals surface area contributed by atoms with Crippen LogP contribution in [0.25, 0.3) is 0 Å². The standard InChI is InChI=1S/C13H22N4O2/c1-5-10(6-2)16(4)13-9-11(17(18)19)8-12(15-13)14-7-3/h8-10H,5-7H2,1-4H3,(H,14,15). The van der Waals surface area contributed by atoms with E-state index in [1.165, 1.54) is 12.1 Å². The van der Waals surface area contributed by atoms with Crippen molar-refractivity contribution in [3.63, 3.8) is 0 Å². The Hall–Kier alpha value is -1.85. The van der Waals surface area contributed by atoms with Gasteiger partial charge >= 0.3 is 0 Å². The van der Waals surface area contributed by atoms with Crippen molar-refractivity contribution in [1.82, 2.24) is 4.98 Å². The fraction of sp³-hybridized carbons (Fsp3) is 0.615. The molecule has 0 unspecified atom stereocenters. The first-order chi connectivity index (χ1) is 9.03. The maximum atomic E-state index is 11.0. The van der Waals surface area contributed by atoms with Gasteiger partial charge in [-0.1, -0.05) is 13.8 Å². The molecule has 0 aliphatic carbocycles. The normalized spacial score (nSPS) is 10.6. The first kappa shape index (κ1) is 15.2. The summed E-state index contributed by atoms with van der Waals surface area (Å²) in [6.45, 7) is 6.83. The van der Waals surface area contributed by atoms with E-state index in [-0.39, 0.29) is 10.6 Å². The van der Waals surface area contributed by atoms with Gasteiger partial charge in [0.25, 0.3) is 5.69 Å². The van der Waals surface area contributed by atoms with Gasteiger partial charge in [-0.05, 0) is 19.8 Å². The van der Waals surface area contributed by atoms with E-state index in [2.05, 4.69) is 24.1 Å². The molecule has 0 atom stereocenters. The topological polar surface area (TPSA) is 71.3 Å². The van der Waals surface area contributed by atoms with Gasteiger partial charge in [0.2, 0.25) is 0 Å². The van der Waals surface area contributed by atoms with E-state index < -0.39 is 0 Å². The molecule has 0 aromatic carbocycles. The summed E-state index contributed by atoms with van der Waals surface area (Å²) in [5.41, 5.74) is 0.0683. The molecule has 1 heterocycles. The third kappa shape index (κ3) is 3.81. The second kappa shape index (κ2) is 6.92. The smallest absolute Gasteiger partial charge is 0.276 e. The Labute approximate surface area is 114 Å². The van der Waals surface area contributed by atoms with Gasteiger partial charge in [-0.15, -0.1) is 0 Å². The highest BCUT2D eigenvalue weighted by atomic mass is 16.6. The van der Waals surface area contributed by atoms with Crippen molar-refractivity contribution >= 4 is 17.3 Å². The van der Waals surface area contributed by atoms with Crippen LogP contribution in [0.5, 0.6) is 0 Å². The molecule has 0 spiro atoms. The maximum absolute atomic E-state index is 11.0. The van der Waals surface area contributed by atoms with Gasteiger partial charge in [0.05, 0.1) is 17.1 Å². The Balaban J connectivity index is 3.14. The van der Waals surface area contributed by atoms with Crippen molar-refractivity contribution in [2.75, 3.05) is 23.8 Å². The molecule has 1 rings (SSSR count). The zero-order chi connectivity index (χ0) is 14.4. The number of hydrogen-bond acceptors (Lipinski definition) is 5. The van der Waals surface area contributed by atoms with Crippen LogP contribution in [0, 0.1) is 10.1 Å². The van der Waals surface area contributed by atoms with E-state index in [0.29, 0.717) is 24.2 Å². The number of nitrogens with one attached hydrogen (secondary N) is 1. The van der Waals surface area contributed by atoms with Crippen LogP contribution in [0.3, 0.4) is 0 Å². The molecular weight excluding hydrogens is 244 g/mol. The number of pyridine rings is 1. The van der Waals surface area contributed by atoms with E-state index in [1.54, 1.807) is 0 Å². The molecule has 1 aromatic heterocycles. The SMILES string of the molecule is CCNc1cc([N+](=O)[O-])cc(N(C)C(CC)CC)n1. The van der Waals surface area contributed by atoms with Crippen molar-refractivity contribution in [1.29, 1.82) is 0 Å². The van der Waals surface area contributed by atoms with Crippen molar-refractivity contribution in [3.8, 4) is 0 Å². The van der Waals surface area contributed by atoms with Crippen LogP contribution < -0.4 is 10.2 Å². The molecule has 106 valence electrons. The van der Waals surface area contributed by atoms with Gasteiger partial charge in [0, 0.05) is 19.6 Å². The largest absolute Gasteiger partial charge is 0.370 e. The van der Waals surface area contributed by atoms with E-state index in [4.69, 9.17) is 0 Å². The summed E-state index contributed by atoms with van der Waals surface area (Å²) in [4.78, 5) is 17.0. The third-order valence-electron chi connectivity index (χ3n) is 3.22. The highest BCUT2D eigenvalue weighted by molar-refractivity contribution is 5.56. The van der Waals surface area contributed by atoms with Gasteiger partial charge in [0.15, 0.2) is 0 Å². The van der Waals surface area contributed by atoms with Gasteiger partial charge in [-0.3, -0.25) is 10.1 Å². The maximum Gasteiger partial charge on any atom is 0.276 e. The Morgan fingerprint density at radius 1 is 1.37 bits per heavy atom. The minimum absolute atomic E-state index is 0.0683. The predicted octanol–water partition coefficient (Wildman–Crippen LogP) is 3.05. The number of rotatable bonds is 7.